The normalized spacial score (nSPS) is 20.5. The lowest BCUT2D eigenvalue weighted by Gasteiger charge is -2.34. The van der Waals surface area contributed by atoms with Gasteiger partial charge in [0.05, 0.1) is 36.9 Å². The third-order valence-corrected chi connectivity index (χ3v) is 29.3. The van der Waals surface area contributed by atoms with E-state index >= 15 is 0 Å². The van der Waals surface area contributed by atoms with Crippen molar-refractivity contribution in [1.29, 1.82) is 0 Å². The van der Waals surface area contributed by atoms with Crippen molar-refractivity contribution < 1.29 is 57.1 Å². The summed E-state index contributed by atoms with van der Waals surface area (Å²) in [6, 6.07) is 38.2. The van der Waals surface area contributed by atoms with Gasteiger partial charge in [0.2, 0.25) is 23.5 Å². The summed E-state index contributed by atoms with van der Waals surface area (Å²) in [5.74, 6) is 10.6. The maximum atomic E-state index is 12.2. The molecule has 3 saturated heterocycles. The van der Waals surface area contributed by atoms with Crippen molar-refractivity contribution in [3.05, 3.63) is 163 Å². The predicted octanol–water partition coefficient (Wildman–Crippen LogP) is 19.9. The number of fused-ring (bicyclic) bond motifs is 3. The standard InChI is InChI=1S/C34H46N4O4Si.C28H32N4O3.C24H29N3O4Si.C10H17NO.CH4/c1-43(2,3)20-19-40-24-38-31(11-15-36-38)26-7-10-34(35-22-26)42-28-8-9-30-27(23-41-33(30)21-28)14-18-37-16-12-25(13-17-37)29-5-4-6-32(29)39;33-26-3-1-2-23(26)19-9-13-32(14-10-19)15-11-21-18-34-27-16-22(5-6-24(21)27)35-28-7-4-20(17-29-28)25-8-12-30-31-25;1-32(2,3)13-12-29-17-27-22(8-10-26-27)18-4-7-24(25-15-18)31-20-5-6-21-19(9-11-28)16-30-23(21)14-20;12-10-7-4-8-11(10)9-5-2-1-3-6-9;/h7-11,15,21-22,25,27,29H,4-6,12-14,16-20,23-24H2,1-3H3;4-8,12,16-17,19,21,23H,1-3,9-11,13-15,18H2,(H,30,31);4-8,10-11,14-15,19H,9,12-13,16-17H2,1-3H3;9H,1-8H2;1H4. The van der Waals surface area contributed by atoms with E-state index in [9.17, 15) is 19.2 Å². The topological polar surface area (TPSA) is 255 Å². The Labute approximate surface area is 728 Å². The van der Waals surface area contributed by atoms with Crippen LogP contribution in [0.5, 0.6) is 52.1 Å². The first-order valence-corrected chi connectivity index (χ1v) is 52.4. The second-order valence-corrected chi connectivity index (χ2v) is 48.2. The molecule has 1 amide bonds. The highest BCUT2D eigenvalue weighted by atomic mass is 28.3. The Morgan fingerprint density at radius 3 is 1.31 bits per heavy atom. The summed E-state index contributed by atoms with van der Waals surface area (Å²) in [6.45, 7) is 26.1. The van der Waals surface area contributed by atoms with Gasteiger partial charge in [-0.05, 0) is 201 Å². The van der Waals surface area contributed by atoms with Gasteiger partial charge >= 0.3 is 0 Å². The van der Waals surface area contributed by atoms with Crippen LogP contribution in [0.4, 0.5) is 0 Å². The number of pyridine rings is 3. The summed E-state index contributed by atoms with van der Waals surface area (Å²) in [4.78, 5) is 67.2. The second-order valence-electron chi connectivity index (χ2n) is 36.9. The number of hydrogen-bond acceptors (Lipinski definition) is 20. The number of likely N-dealkylation sites (tertiary alicyclic amines) is 3. The maximum absolute atomic E-state index is 12.2. The van der Waals surface area contributed by atoms with Crippen molar-refractivity contribution in [3.63, 3.8) is 0 Å². The van der Waals surface area contributed by atoms with Gasteiger partial charge in [-0.3, -0.25) is 19.5 Å². The molecule has 656 valence electrons. The molecule has 3 saturated carbocycles. The van der Waals surface area contributed by atoms with Crippen LogP contribution in [0.15, 0.2) is 146 Å². The van der Waals surface area contributed by atoms with E-state index in [1.807, 2.05) is 113 Å². The number of ketones is 2. The number of benzene rings is 3. The molecule has 0 bridgehead atoms. The largest absolute Gasteiger partial charge is 0.493 e. The second kappa shape index (κ2) is 42.8. The first-order valence-electron chi connectivity index (χ1n) is 45.0. The lowest BCUT2D eigenvalue weighted by molar-refractivity contribution is -0.130. The Balaban J connectivity index is 0.000000141. The number of Topliss-reactive ketones (excluding diaryl/α,β-unsaturated/α-hetero) is 2. The van der Waals surface area contributed by atoms with E-state index in [4.69, 9.17) is 37.9 Å². The zero-order valence-electron chi connectivity index (χ0n) is 72.3. The Kier molecular flexibility index (Phi) is 31.2. The fourth-order valence-electron chi connectivity index (χ4n) is 18.7. The molecule has 18 rings (SSSR count). The minimum Gasteiger partial charge on any atom is -0.493 e. The fourth-order valence-corrected chi connectivity index (χ4v) is 20.2. The fraction of sp³-hybridized carbons (Fsp3) is 0.526. The van der Waals surface area contributed by atoms with E-state index in [2.05, 4.69) is 101 Å². The Bertz CT molecular complexity index is 4880. The Morgan fingerprint density at radius 2 is 0.919 bits per heavy atom. The van der Waals surface area contributed by atoms with Gasteiger partial charge < -0.3 is 57.4 Å². The molecular weight excluding hydrogens is 1580 g/mol. The predicted molar refractivity (Wildman–Crippen MR) is 483 cm³/mol. The van der Waals surface area contributed by atoms with Gasteiger partial charge in [-0.2, -0.15) is 15.3 Å². The summed E-state index contributed by atoms with van der Waals surface area (Å²) in [6.07, 6.45) is 33.4. The summed E-state index contributed by atoms with van der Waals surface area (Å²) in [5.41, 5.74) is 9.30. The zero-order valence-corrected chi connectivity index (χ0v) is 74.3. The van der Waals surface area contributed by atoms with E-state index in [0.29, 0.717) is 116 Å². The van der Waals surface area contributed by atoms with Crippen molar-refractivity contribution in [2.75, 3.05) is 78.8 Å². The summed E-state index contributed by atoms with van der Waals surface area (Å²) >= 11 is 0. The van der Waals surface area contributed by atoms with E-state index in [1.165, 1.54) is 68.9 Å². The van der Waals surface area contributed by atoms with E-state index in [0.717, 1.165) is 216 Å². The highest BCUT2D eigenvalue weighted by molar-refractivity contribution is 6.76. The van der Waals surface area contributed by atoms with Crippen molar-refractivity contribution in [2.24, 2.45) is 23.7 Å². The lowest BCUT2D eigenvalue weighted by Crippen LogP contribution is -2.38. The maximum Gasteiger partial charge on any atom is 0.222 e. The molecule has 5 unspecified atom stereocenters. The number of piperidine rings is 2. The number of nitrogens with zero attached hydrogens (tertiary/aromatic N) is 11. The molecule has 9 aliphatic rings. The summed E-state index contributed by atoms with van der Waals surface area (Å²) in [7, 11) is -2.23. The van der Waals surface area contributed by atoms with Crippen LogP contribution in [-0.4, -0.2) is 184 Å². The zero-order chi connectivity index (χ0) is 84.4. The molecule has 123 heavy (non-hydrogen) atoms. The summed E-state index contributed by atoms with van der Waals surface area (Å²) in [5, 5.41) is 15.7. The minimum absolute atomic E-state index is 0. The number of hydrogen-bond donors (Lipinski definition) is 1. The molecular formula is C97H128N12O12Si2. The number of aromatic nitrogens is 9. The molecule has 0 spiro atoms. The molecule has 6 fully saturated rings. The van der Waals surface area contributed by atoms with Gasteiger partial charge in [-0.1, -0.05) is 84.2 Å². The molecule has 3 aromatic carbocycles. The first-order chi connectivity index (χ1) is 59.3. The SMILES string of the molecule is C.C[Si](C)(C)CCOCn1nccc1-c1ccc(Oc2ccc3c(c2)OCC3CC=O)nc1.C[Si](C)(C)CCOCn1nccc1-c1ccc(Oc2ccc3c(c2)OCC3CCN2CCC(C3CCCC3=O)CC2)nc1.O=C1CCCC1C1CCN(CCC2COc3cc(Oc4ccc(-c5ccn[nH]5)cn4)ccc32)CC1.O=C1CCCN1C1CCCCC1. The molecule has 6 aliphatic heterocycles. The van der Waals surface area contributed by atoms with Gasteiger partial charge in [0.15, 0.2) is 0 Å². The number of ether oxygens (including phenoxy) is 8. The van der Waals surface area contributed by atoms with Crippen LogP contribution in [0.1, 0.15) is 170 Å². The lowest BCUT2D eigenvalue weighted by atomic mass is 9.82. The number of amides is 1. The number of H-pyrrole nitrogens is 1. The smallest absolute Gasteiger partial charge is 0.222 e. The first kappa shape index (κ1) is 89.6. The van der Waals surface area contributed by atoms with Crippen molar-refractivity contribution in [3.8, 4) is 85.9 Å². The van der Waals surface area contributed by atoms with Crippen molar-refractivity contribution in [1.82, 2.24) is 59.4 Å². The third-order valence-electron chi connectivity index (χ3n) is 25.9. The Morgan fingerprint density at radius 1 is 0.472 bits per heavy atom. The quantitative estimate of drug-likeness (QED) is 0.0249. The third kappa shape index (κ3) is 24.5. The molecule has 12 heterocycles. The van der Waals surface area contributed by atoms with Gasteiger partial charge in [-0.25, -0.2) is 24.3 Å². The van der Waals surface area contributed by atoms with Crippen LogP contribution in [0.3, 0.4) is 0 Å². The van der Waals surface area contributed by atoms with Crippen molar-refractivity contribution >= 4 is 39.9 Å². The molecule has 26 heteroatoms. The molecule has 24 nitrogen and oxygen atoms in total. The number of carbonyl (C=O) groups is 4. The Hall–Kier alpha value is -9.71. The average molecular weight is 1710 g/mol. The monoisotopic (exact) mass is 1710 g/mol. The van der Waals surface area contributed by atoms with Crippen LogP contribution in [0.25, 0.3) is 33.8 Å². The van der Waals surface area contributed by atoms with Gasteiger partial charge in [0.1, 0.15) is 65.8 Å². The minimum atomic E-state index is -1.12. The molecule has 6 aromatic heterocycles. The van der Waals surface area contributed by atoms with E-state index in [1.54, 1.807) is 31.0 Å². The van der Waals surface area contributed by atoms with E-state index in [-0.39, 0.29) is 13.3 Å². The van der Waals surface area contributed by atoms with Gasteiger partial charge in [0.25, 0.3) is 0 Å². The average Bonchev–Trinajstić information content (AvgIpc) is 1.67. The van der Waals surface area contributed by atoms with Crippen LogP contribution >= 0.6 is 0 Å². The van der Waals surface area contributed by atoms with Crippen LogP contribution in [0, 0.1) is 23.7 Å². The van der Waals surface area contributed by atoms with Gasteiger partial charge in [0, 0.05) is 204 Å². The van der Waals surface area contributed by atoms with Crippen LogP contribution in [-0.2, 0) is 42.1 Å². The van der Waals surface area contributed by atoms with E-state index < -0.39 is 16.1 Å². The van der Waals surface area contributed by atoms with Crippen LogP contribution in [0.2, 0.25) is 51.4 Å². The number of rotatable bonds is 30. The van der Waals surface area contributed by atoms with Crippen molar-refractivity contribution in [2.45, 2.75) is 224 Å². The molecule has 5 atom stereocenters. The number of aromatic amines is 1. The molecule has 0 radical (unpaired) electrons. The number of carbonyl (C=O) groups excluding carboxylic acids is 4. The van der Waals surface area contributed by atoms with Gasteiger partial charge in [-0.15, -0.1) is 0 Å². The molecule has 3 aliphatic carbocycles. The molecule has 1 N–H and O–H groups in total. The molecule has 9 aromatic rings. The summed E-state index contributed by atoms with van der Waals surface area (Å²) < 4.78 is 51.3. The van der Waals surface area contributed by atoms with Crippen LogP contribution < -0.4 is 28.4 Å². The number of nitrogens with one attached hydrogen (secondary N) is 1. The highest BCUT2D eigenvalue weighted by Gasteiger charge is 2.38. The highest BCUT2D eigenvalue weighted by Crippen LogP contribution is 2.44. The number of aldehydes is 1.